The van der Waals surface area contributed by atoms with Crippen LogP contribution < -0.4 is 11.1 Å². The fourth-order valence-corrected chi connectivity index (χ4v) is 2.34. The van der Waals surface area contributed by atoms with Gasteiger partial charge in [0.25, 0.3) is 0 Å². The summed E-state index contributed by atoms with van der Waals surface area (Å²) in [6, 6.07) is 6.67. The van der Waals surface area contributed by atoms with Crippen molar-refractivity contribution in [3.8, 4) is 0 Å². The highest BCUT2D eigenvalue weighted by Crippen LogP contribution is 2.26. The first-order valence-corrected chi connectivity index (χ1v) is 6.87. The van der Waals surface area contributed by atoms with Crippen molar-refractivity contribution in [1.29, 1.82) is 0 Å². The number of hydrogen-bond acceptors (Lipinski definition) is 3. The Balaban J connectivity index is 1.97. The molecule has 0 saturated carbocycles. The second-order valence-corrected chi connectivity index (χ2v) is 5.16. The first kappa shape index (κ1) is 15.2. The number of hydrogen-bond donors (Lipinski definition) is 2. The van der Waals surface area contributed by atoms with E-state index < -0.39 is 23.4 Å². The summed E-state index contributed by atoms with van der Waals surface area (Å²) in [6.45, 7) is 0. The molecule has 0 fully saturated rings. The number of rotatable bonds is 4. The Bertz CT molecular complexity index is 679. The Hall–Kier alpha value is -2.15. The van der Waals surface area contributed by atoms with Gasteiger partial charge in [0.05, 0.1) is 11.4 Å². The minimum absolute atomic E-state index is 0.0789. The molecule has 21 heavy (non-hydrogen) atoms. The van der Waals surface area contributed by atoms with Gasteiger partial charge in [-0.15, -0.1) is 11.8 Å². The Kier molecular flexibility index (Phi) is 4.74. The van der Waals surface area contributed by atoms with Crippen molar-refractivity contribution in [1.82, 2.24) is 0 Å². The van der Waals surface area contributed by atoms with Gasteiger partial charge in [0.1, 0.15) is 17.5 Å². The second kappa shape index (κ2) is 6.53. The topological polar surface area (TPSA) is 55.1 Å². The molecule has 110 valence electrons. The molecule has 0 heterocycles. The molecule has 0 bridgehead atoms. The zero-order valence-electron chi connectivity index (χ0n) is 10.7. The molecule has 0 aliphatic heterocycles. The van der Waals surface area contributed by atoms with E-state index >= 15 is 0 Å². The SMILES string of the molecule is Nc1ccc(F)cc1SCC(=O)Nc1ccc(F)cc1F. The van der Waals surface area contributed by atoms with Crippen LogP contribution in [0.1, 0.15) is 0 Å². The highest BCUT2D eigenvalue weighted by molar-refractivity contribution is 8.00. The number of carbonyl (C=O) groups is 1. The molecule has 2 aromatic carbocycles. The summed E-state index contributed by atoms with van der Waals surface area (Å²) in [5.41, 5.74) is 5.88. The molecule has 2 aromatic rings. The Labute approximate surface area is 123 Å². The predicted molar refractivity (Wildman–Crippen MR) is 76.5 cm³/mol. The molecule has 0 aliphatic rings. The van der Waals surface area contributed by atoms with E-state index in [2.05, 4.69) is 5.32 Å². The molecule has 0 unspecified atom stereocenters. The van der Waals surface area contributed by atoms with Gasteiger partial charge in [0.15, 0.2) is 0 Å². The lowest BCUT2D eigenvalue weighted by Gasteiger charge is -2.07. The van der Waals surface area contributed by atoms with E-state index in [0.29, 0.717) is 16.6 Å². The fraction of sp³-hybridized carbons (Fsp3) is 0.0714. The van der Waals surface area contributed by atoms with Crippen LogP contribution in [0, 0.1) is 17.5 Å². The summed E-state index contributed by atoms with van der Waals surface area (Å²) < 4.78 is 39.1. The summed E-state index contributed by atoms with van der Waals surface area (Å²) in [5.74, 6) is -2.64. The number of nitrogens with one attached hydrogen (secondary N) is 1. The van der Waals surface area contributed by atoms with Gasteiger partial charge in [0, 0.05) is 16.6 Å². The summed E-state index contributed by atoms with van der Waals surface area (Å²) >= 11 is 1.02. The Morgan fingerprint density at radius 2 is 1.76 bits per heavy atom. The van der Waals surface area contributed by atoms with E-state index in [9.17, 15) is 18.0 Å². The maximum Gasteiger partial charge on any atom is 0.234 e. The van der Waals surface area contributed by atoms with Crippen molar-refractivity contribution in [3.63, 3.8) is 0 Å². The lowest BCUT2D eigenvalue weighted by molar-refractivity contribution is -0.113. The van der Waals surface area contributed by atoms with Crippen LogP contribution in [0.3, 0.4) is 0 Å². The number of halogens is 3. The summed E-state index contributed by atoms with van der Waals surface area (Å²) in [5, 5.41) is 2.31. The molecule has 2 rings (SSSR count). The average molecular weight is 312 g/mol. The van der Waals surface area contributed by atoms with E-state index in [-0.39, 0.29) is 11.4 Å². The van der Waals surface area contributed by atoms with Crippen LogP contribution in [0.2, 0.25) is 0 Å². The number of anilines is 2. The number of nitrogen functional groups attached to an aromatic ring is 1. The fourth-order valence-electron chi connectivity index (χ4n) is 1.55. The molecule has 0 aromatic heterocycles. The Morgan fingerprint density at radius 1 is 1.10 bits per heavy atom. The van der Waals surface area contributed by atoms with Crippen molar-refractivity contribution >= 4 is 29.0 Å². The van der Waals surface area contributed by atoms with E-state index in [4.69, 9.17) is 5.73 Å². The molecule has 0 aliphatic carbocycles. The normalized spacial score (nSPS) is 10.4. The van der Waals surface area contributed by atoms with Crippen molar-refractivity contribution in [2.24, 2.45) is 0 Å². The highest BCUT2D eigenvalue weighted by Gasteiger charge is 2.10. The van der Waals surface area contributed by atoms with Gasteiger partial charge in [-0.2, -0.15) is 0 Å². The van der Waals surface area contributed by atoms with Crippen molar-refractivity contribution in [3.05, 3.63) is 53.8 Å². The molecule has 3 N–H and O–H groups in total. The van der Waals surface area contributed by atoms with Crippen LogP contribution in [0.15, 0.2) is 41.3 Å². The number of benzene rings is 2. The zero-order chi connectivity index (χ0) is 15.4. The number of thioether (sulfide) groups is 1. The van der Waals surface area contributed by atoms with Crippen LogP contribution in [-0.2, 0) is 4.79 Å². The van der Waals surface area contributed by atoms with E-state index in [1.54, 1.807) is 0 Å². The average Bonchev–Trinajstić information content (AvgIpc) is 2.43. The van der Waals surface area contributed by atoms with Gasteiger partial charge < -0.3 is 11.1 Å². The maximum absolute atomic E-state index is 13.4. The van der Waals surface area contributed by atoms with Gasteiger partial charge in [-0.25, -0.2) is 13.2 Å². The van der Waals surface area contributed by atoms with E-state index in [1.165, 1.54) is 18.2 Å². The summed E-state index contributed by atoms with van der Waals surface area (Å²) in [7, 11) is 0. The first-order chi connectivity index (χ1) is 9.95. The Morgan fingerprint density at radius 3 is 2.48 bits per heavy atom. The van der Waals surface area contributed by atoms with Gasteiger partial charge in [0.2, 0.25) is 5.91 Å². The predicted octanol–water partition coefficient (Wildman–Crippen LogP) is 3.42. The molecule has 1 amide bonds. The minimum Gasteiger partial charge on any atom is -0.398 e. The van der Waals surface area contributed by atoms with Gasteiger partial charge in [-0.3, -0.25) is 4.79 Å². The van der Waals surface area contributed by atoms with Crippen molar-refractivity contribution in [2.45, 2.75) is 4.90 Å². The largest absolute Gasteiger partial charge is 0.398 e. The lowest BCUT2D eigenvalue weighted by atomic mass is 10.3. The maximum atomic E-state index is 13.4. The third-order valence-electron chi connectivity index (χ3n) is 2.54. The van der Waals surface area contributed by atoms with Gasteiger partial charge >= 0.3 is 0 Å². The van der Waals surface area contributed by atoms with Crippen LogP contribution in [0.25, 0.3) is 0 Å². The lowest BCUT2D eigenvalue weighted by Crippen LogP contribution is -2.15. The highest BCUT2D eigenvalue weighted by atomic mass is 32.2. The standard InChI is InChI=1S/C14H11F3N2OS/c15-8-2-4-12(10(17)5-8)19-14(20)7-21-13-6-9(16)1-3-11(13)18/h1-6H,7,18H2,(H,19,20). The summed E-state index contributed by atoms with van der Waals surface area (Å²) in [4.78, 5) is 12.1. The van der Waals surface area contributed by atoms with Crippen molar-refractivity contribution in [2.75, 3.05) is 16.8 Å². The second-order valence-electron chi connectivity index (χ2n) is 4.14. The quantitative estimate of drug-likeness (QED) is 0.672. The van der Waals surface area contributed by atoms with E-state index in [1.807, 2.05) is 0 Å². The molecule has 0 atom stereocenters. The minimum atomic E-state index is -0.862. The van der Waals surface area contributed by atoms with Gasteiger partial charge in [-0.1, -0.05) is 0 Å². The molecule has 0 radical (unpaired) electrons. The summed E-state index contributed by atoms with van der Waals surface area (Å²) in [6.07, 6.45) is 0. The molecular weight excluding hydrogens is 301 g/mol. The number of nitrogens with two attached hydrogens (primary N) is 1. The number of carbonyl (C=O) groups excluding carboxylic acids is 1. The first-order valence-electron chi connectivity index (χ1n) is 5.88. The van der Waals surface area contributed by atoms with Crippen LogP contribution in [0.5, 0.6) is 0 Å². The smallest absolute Gasteiger partial charge is 0.234 e. The van der Waals surface area contributed by atoms with Crippen LogP contribution in [0.4, 0.5) is 24.5 Å². The third kappa shape index (κ3) is 4.16. The van der Waals surface area contributed by atoms with Crippen LogP contribution in [-0.4, -0.2) is 11.7 Å². The zero-order valence-corrected chi connectivity index (χ0v) is 11.5. The molecule has 0 saturated heterocycles. The van der Waals surface area contributed by atoms with Crippen molar-refractivity contribution < 1.29 is 18.0 Å². The monoisotopic (exact) mass is 312 g/mol. The van der Waals surface area contributed by atoms with E-state index in [0.717, 1.165) is 23.9 Å². The van der Waals surface area contributed by atoms with Crippen LogP contribution >= 0.6 is 11.8 Å². The molecule has 7 heteroatoms. The molecular formula is C14H11F3N2OS. The molecule has 0 spiro atoms. The van der Waals surface area contributed by atoms with Gasteiger partial charge in [-0.05, 0) is 30.3 Å². The third-order valence-corrected chi connectivity index (χ3v) is 3.61. The number of amides is 1. The molecule has 3 nitrogen and oxygen atoms in total.